The second-order valence-electron chi connectivity index (χ2n) is 4.86. The zero-order valence-corrected chi connectivity index (χ0v) is 11.1. The Morgan fingerprint density at radius 3 is 3.06 bits per heavy atom. The summed E-state index contributed by atoms with van der Waals surface area (Å²) in [5, 5.41) is 9.79. The number of carboxylic acid groups (broad SMARTS) is 1. The summed E-state index contributed by atoms with van der Waals surface area (Å²) in [4.78, 5) is 13.2. The molecule has 1 heterocycles. The third-order valence-electron chi connectivity index (χ3n) is 3.46. The van der Waals surface area contributed by atoms with Gasteiger partial charge in [0.25, 0.3) is 0 Å². The molecule has 2 rings (SSSR count). The summed E-state index contributed by atoms with van der Waals surface area (Å²) >= 11 is 5.94. The maximum absolute atomic E-state index is 11.0. The molecule has 1 atom stereocenters. The lowest BCUT2D eigenvalue weighted by atomic mass is 9.98. The molecule has 98 valence electrons. The highest BCUT2D eigenvalue weighted by Gasteiger charge is 2.24. The van der Waals surface area contributed by atoms with Crippen LogP contribution in [-0.2, 0) is 11.2 Å². The van der Waals surface area contributed by atoms with Gasteiger partial charge in [0.2, 0.25) is 0 Å². The van der Waals surface area contributed by atoms with Crippen LogP contribution < -0.4 is 0 Å². The first-order valence-corrected chi connectivity index (χ1v) is 6.72. The first kappa shape index (κ1) is 13.4. The predicted octanol–water partition coefficient (Wildman–Crippen LogP) is 2.68. The van der Waals surface area contributed by atoms with Crippen LogP contribution in [0.4, 0.5) is 0 Å². The number of carbonyl (C=O) groups is 1. The van der Waals surface area contributed by atoms with Crippen LogP contribution in [0.3, 0.4) is 0 Å². The van der Waals surface area contributed by atoms with Crippen molar-refractivity contribution >= 4 is 17.6 Å². The van der Waals surface area contributed by atoms with E-state index in [2.05, 4.69) is 11.0 Å². The topological polar surface area (TPSA) is 40.5 Å². The Hall–Kier alpha value is -1.06. The quantitative estimate of drug-likeness (QED) is 0.912. The Bertz CT molecular complexity index is 422. The van der Waals surface area contributed by atoms with Crippen LogP contribution in [-0.4, -0.2) is 35.6 Å². The SMILES string of the molecule is O=C(O)C1CCCN(CCc2cccc(Cl)c2)C1. The van der Waals surface area contributed by atoms with Gasteiger partial charge >= 0.3 is 5.97 Å². The van der Waals surface area contributed by atoms with Crippen LogP contribution in [0.25, 0.3) is 0 Å². The lowest BCUT2D eigenvalue weighted by molar-refractivity contribution is -0.143. The van der Waals surface area contributed by atoms with Crippen molar-refractivity contribution < 1.29 is 9.90 Å². The Morgan fingerprint density at radius 1 is 1.50 bits per heavy atom. The minimum atomic E-state index is -0.664. The molecule has 4 heteroatoms. The van der Waals surface area contributed by atoms with E-state index in [9.17, 15) is 4.79 Å². The molecule has 0 aromatic heterocycles. The number of nitrogens with zero attached hydrogens (tertiary/aromatic N) is 1. The summed E-state index contributed by atoms with van der Waals surface area (Å²) in [7, 11) is 0. The van der Waals surface area contributed by atoms with Gasteiger partial charge in [-0.15, -0.1) is 0 Å². The van der Waals surface area contributed by atoms with E-state index in [0.717, 1.165) is 37.4 Å². The van der Waals surface area contributed by atoms with Gasteiger partial charge in [-0.25, -0.2) is 0 Å². The molecule has 1 aliphatic heterocycles. The summed E-state index contributed by atoms with van der Waals surface area (Å²) in [6.07, 6.45) is 2.71. The summed E-state index contributed by atoms with van der Waals surface area (Å²) < 4.78 is 0. The van der Waals surface area contributed by atoms with Crippen molar-refractivity contribution in [2.75, 3.05) is 19.6 Å². The fourth-order valence-electron chi connectivity index (χ4n) is 2.44. The fraction of sp³-hybridized carbons (Fsp3) is 0.500. The Labute approximate surface area is 112 Å². The third-order valence-corrected chi connectivity index (χ3v) is 3.70. The molecule has 0 radical (unpaired) electrons. The van der Waals surface area contributed by atoms with E-state index in [4.69, 9.17) is 16.7 Å². The Morgan fingerprint density at radius 2 is 2.33 bits per heavy atom. The van der Waals surface area contributed by atoms with E-state index in [-0.39, 0.29) is 5.92 Å². The van der Waals surface area contributed by atoms with Gasteiger partial charge in [-0.05, 0) is 43.5 Å². The number of likely N-dealkylation sites (tertiary alicyclic amines) is 1. The van der Waals surface area contributed by atoms with Crippen molar-refractivity contribution in [1.29, 1.82) is 0 Å². The molecule has 0 amide bonds. The number of piperidine rings is 1. The maximum atomic E-state index is 11.0. The van der Waals surface area contributed by atoms with Crippen LogP contribution in [0.15, 0.2) is 24.3 Å². The molecule has 1 aromatic carbocycles. The first-order chi connectivity index (χ1) is 8.65. The lowest BCUT2D eigenvalue weighted by Crippen LogP contribution is -2.39. The third kappa shape index (κ3) is 3.72. The number of hydrogen-bond donors (Lipinski definition) is 1. The van der Waals surface area contributed by atoms with Crippen molar-refractivity contribution in [3.8, 4) is 0 Å². The largest absolute Gasteiger partial charge is 0.481 e. The summed E-state index contributed by atoms with van der Waals surface area (Å²) in [5.74, 6) is -0.861. The van der Waals surface area contributed by atoms with Gasteiger partial charge in [-0.2, -0.15) is 0 Å². The normalized spacial score (nSPS) is 20.8. The Kier molecular flexibility index (Phi) is 4.61. The summed E-state index contributed by atoms with van der Waals surface area (Å²) in [6.45, 7) is 2.59. The molecule has 18 heavy (non-hydrogen) atoms. The summed E-state index contributed by atoms with van der Waals surface area (Å²) in [5.41, 5.74) is 1.21. The van der Waals surface area contributed by atoms with Crippen LogP contribution in [0.1, 0.15) is 18.4 Å². The molecule has 0 bridgehead atoms. The van der Waals surface area contributed by atoms with Crippen molar-refractivity contribution in [2.45, 2.75) is 19.3 Å². The molecule has 0 spiro atoms. The zero-order valence-electron chi connectivity index (χ0n) is 10.3. The van der Waals surface area contributed by atoms with Crippen LogP contribution in [0, 0.1) is 5.92 Å². The van der Waals surface area contributed by atoms with E-state index >= 15 is 0 Å². The standard InChI is InChI=1S/C14H18ClNO2/c15-13-5-1-3-11(9-13)6-8-16-7-2-4-12(10-16)14(17)18/h1,3,5,9,12H,2,4,6-8,10H2,(H,17,18). The molecule has 1 aliphatic rings. The van der Waals surface area contributed by atoms with Crippen molar-refractivity contribution in [1.82, 2.24) is 4.90 Å². The predicted molar refractivity (Wildman–Crippen MR) is 72.0 cm³/mol. The molecule has 0 saturated carbocycles. The van der Waals surface area contributed by atoms with Gasteiger partial charge in [0.15, 0.2) is 0 Å². The van der Waals surface area contributed by atoms with Gasteiger partial charge in [-0.1, -0.05) is 23.7 Å². The molecule has 1 aromatic rings. The zero-order chi connectivity index (χ0) is 13.0. The van der Waals surface area contributed by atoms with Crippen LogP contribution in [0.2, 0.25) is 5.02 Å². The fourth-order valence-corrected chi connectivity index (χ4v) is 2.65. The number of benzene rings is 1. The maximum Gasteiger partial charge on any atom is 0.307 e. The number of carboxylic acids is 1. The molecule has 1 N–H and O–H groups in total. The van der Waals surface area contributed by atoms with E-state index < -0.39 is 5.97 Å². The second kappa shape index (κ2) is 6.21. The van der Waals surface area contributed by atoms with Gasteiger partial charge in [0.05, 0.1) is 5.92 Å². The highest BCUT2D eigenvalue weighted by molar-refractivity contribution is 6.30. The van der Waals surface area contributed by atoms with E-state index in [1.807, 2.05) is 18.2 Å². The van der Waals surface area contributed by atoms with Crippen LogP contribution >= 0.6 is 11.6 Å². The molecular weight excluding hydrogens is 250 g/mol. The Balaban J connectivity index is 1.84. The molecule has 3 nitrogen and oxygen atoms in total. The van der Waals surface area contributed by atoms with Crippen molar-refractivity contribution in [3.63, 3.8) is 0 Å². The van der Waals surface area contributed by atoms with E-state index in [0.29, 0.717) is 6.54 Å². The minimum absolute atomic E-state index is 0.196. The van der Waals surface area contributed by atoms with Crippen molar-refractivity contribution in [2.24, 2.45) is 5.92 Å². The highest BCUT2D eigenvalue weighted by atomic mass is 35.5. The number of hydrogen-bond acceptors (Lipinski definition) is 2. The average molecular weight is 268 g/mol. The smallest absolute Gasteiger partial charge is 0.307 e. The lowest BCUT2D eigenvalue weighted by Gasteiger charge is -2.30. The molecular formula is C14H18ClNO2. The number of rotatable bonds is 4. The minimum Gasteiger partial charge on any atom is -0.481 e. The van der Waals surface area contributed by atoms with Gasteiger partial charge < -0.3 is 10.0 Å². The van der Waals surface area contributed by atoms with Crippen molar-refractivity contribution in [3.05, 3.63) is 34.9 Å². The number of halogens is 1. The second-order valence-corrected chi connectivity index (χ2v) is 5.29. The van der Waals surface area contributed by atoms with Crippen LogP contribution in [0.5, 0.6) is 0 Å². The van der Waals surface area contributed by atoms with E-state index in [1.54, 1.807) is 0 Å². The van der Waals surface area contributed by atoms with E-state index in [1.165, 1.54) is 5.56 Å². The molecule has 1 saturated heterocycles. The van der Waals surface area contributed by atoms with Gasteiger partial charge in [-0.3, -0.25) is 4.79 Å². The average Bonchev–Trinajstić information content (AvgIpc) is 2.37. The molecule has 1 fully saturated rings. The van der Waals surface area contributed by atoms with Gasteiger partial charge in [0, 0.05) is 18.1 Å². The highest BCUT2D eigenvalue weighted by Crippen LogP contribution is 2.17. The monoisotopic (exact) mass is 267 g/mol. The number of aliphatic carboxylic acids is 1. The van der Waals surface area contributed by atoms with Gasteiger partial charge in [0.1, 0.15) is 0 Å². The molecule has 0 aliphatic carbocycles. The first-order valence-electron chi connectivity index (χ1n) is 6.35. The molecule has 1 unspecified atom stereocenters. The summed E-state index contributed by atoms with van der Waals surface area (Å²) in [6, 6.07) is 7.85.